The molecule has 0 fully saturated rings. The van der Waals surface area contributed by atoms with Crippen LogP contribution in [0.15, 0.2) is 0 Å². The van der Waals surface area contributed by atoms with Crippen molar-refractivity contribution in [1.82, 2.24) is 4.90 Å². The van der Waals surface area contributed by atoms with E-state index in [-0.39, 0.29) is 12.1 Å². The fourth-order valence-corrected chi connectivity index (χ4v) is 1.01. The van der Waals surface area contributed by atoms with Crippen LogP contribution in [0.1, 0.15) is 13.8 Å². The van der Waals surface area contributed by atoms with Gasteiger partial charge in [0.2, 0.25) is 0 Å². The Kier molecular flexibility index (Phi) is 5.15. The van der Waals surface area contributed by atoms with Crippen LogP contribution >= 0.6 is 11.6 Å². The number of alkyl halides is 1. The lowest BCUT2D eigenvalue weighted by atomic mass is 10.5. The van der Waals surface area contributed by atoms with Gasteiger partial charge in [-0.2, -0.15) is 0 Å². The minimum atomic E-state index is -0.208. The Hall–Kier alpha value is 0.210. The van der Waals surface area contributed by atoms with Gasteiger partial charge in [0.05, 0.1) is 6.61 Å². The Morgan fingerprint density at radius 3 is 2.00 bits per heavy atom. The zero-order valence-corrected chi connectivity index (χ0v) is 6.73. The Balaban J connectivity index is 3.50. The molecular weight excluding hydrogens is 138 g/mol. The third-order valence-corrected chi connectivity index (χ3v) is 1.77. The number of rotatable bonds is 4. The van der Waals surface area contributed by atoms with Gasteiger partial charge >= 0.3 is 0 Å². The van der Waals surface area contributed by atoms with E-state index >= 15 is 0 Å². The van der Waals surface area contributed by atoms with Crippen molar-refractivity contribution < 1.29 is 5.11 Å². The van der Waals surface area contributed by atoms with Crippen LogP contribution in [0.25, 0.3) is 0 Å². The van der Waals surface area contributed by atoms with Crippen molar-refractivity contribution in [3.8, 4) is 0 Å². The molecule has 0 spiro atoms. The Bertz CT molecular complexity index is 66.1. The van der Waals surface area contributed by atoms with E-state index in [1.807, 2.05) is 18.7 Å². The van der Waals surface area contributed by atoms with Crippen molar-refractivity contribution in [3.05, 3.63) is 0 Å². The van der Waals surface area contributed by atoms with Crippen LogP contribution in [-0.4, -0.2) is 35.2 Å². The molecule has 0 aromatic carbocycles. The summed E-state index contributed by atoms with van der Waals surface area (Å²) in [6, 6.07) is 0. The predicted octanol–water partition coefficient (Wildman–Crippen LogP) is 0.885. The standard InChI is InChI=1S/C6H14ClNO/c1-3-8(4-2)6(7)5-9/h6,9H,3-5H2,1-2H3. The molecule has 0 aliphatic rings. The highest BCUT2D eigenvalue weighted by Crippen LogP contribution is 2.01. The third kappa shape index (κ3) is 3.04. The molecule has 0 aliphatic carbocycles. The van der Waals surface area contributed by atoms with E-state index < -0.39 is 0 Å². The molecule has 0 aromatic rings. The molecule has 9 heavy (non-hydrogen) atoms. The lowest BCUT2D eigenvalue weighted by Gasteiger charge is -2.21. The maximum atomic E-state index is 8.59. The highest BCUT2D eigenvalue weighted by atomic mass is 35.5. The van der Waals surface area contributed by atoms with E-state index in [9.17, 15) is 0 Å². The van der Waals surface area contributed by atoms with E-state index in [1.54, 1.807) is 0 Å². The molecule has 0 aromatic heterocycles. The molecule has 0 amide bonds. The SMILES string of the molecule is CCN(CC)C(Cl)CO. The summed E-state index contributed by atoms with van der Waals surface area (Å²) in [5.74, 6) is 0. The molecule has 1 atom stereocenters. The van der Waals surface area contributed by atoms with Gasteiger partial charge in [-0.25, -0.2) is 0 Å². The Morgan fingerprint density at radius 1 is 1.44 bits per heavy atom. The molecule has 56 valence electrons. The lowest BCUT2D eigenvalue weighted by molar-refractivity contribution is 0.183. The second kappa shape index (κ2) is 5.03. The summed E-state index contributed by atoms with van der Waals surface area (Å²) in [5.41, 5.74) is -0.208. The van der Waals surface area contributed by atoms with Gasteiger partial charge in [-0.3, -0.25) is 4.90 Å². The van der Waals surface area contributed by atoms with Crippen LogP contribution in [0.4, 0.5) is 0 Å². The molecule has 1 N–H and O–H groups in total. The van der Waals surface area contributed by atoms with Gasteiger partial charge in [-0.15, -0.1) is 11.6 Å². The van der Waals surface area contributed by atoms with E-state index in [4.69, 9.17) is 16.7 Å². The molecule has 0 aliphatic heterocycles. The van der Waals surface area contributed by atoms with E-state index in [2.05, 4.69) is 0 Å². The maximum absolute atomic E-state index is 8.59. The first-order valence-electron chi connectivity index (χ1n) is 3.25. The van der Waals surface area contributed by atoms with Crippen LogP contribution in [0, 0.1) is 0 Å². The van der Waals surface area contributed by atoms with Gasteiger partial charge in [-0.05, 0) is 13.1 Å². The number of halogens is 1. The maximum Gasteiger partial charge on any atom is 0.108 e. The van der Waals surface area contributed by atoms with Gasteiger partial charge in [0.25, 0.3) is 0 Å². The van der Waals surface area contributed by atoms with Crippen LogP contribution in [0.5, 0.6) is 0 Å². The zero-order chi connectivity index (χ0) is 7.28. The predicted molar refractivity (Wildman–Crippen MR) is 39.6 cm³/mol. The van der Waals surface area contributed by atoms with Gasteiger partial charge in [0, 0.05) is 0 Å². The fraction of sp³-hybridized carbons (Fsp3) is 1.00. The van der Waals surface area contributed by atoms with Crippen molar-refractivity contribution in [2.24, 2.45) is 0 Å². The number of hydrogen-bond acceptors (Lipinski definition) is 2. The average Bonchev–Trinajstić information content (AvgIpc) is 1.90. The van der Waals surface area contributed by atoms with Crippen LogP contribution < -0.4 is 0 Å². The first kappa shape index (κ1) is 9.21. The second-order valence-corrected chi connectivity index (χ2v) is 2.34. The summed E-state index contributed by atoms with van der Waals surface area (Å²) in [5, 5.41) is 8.59. The molecule has 0 rings (SSSR count). The Morgan fingerprint density at radius 2 is 1.89 bits per heavy atom. The number of hydrogen-bond donors (Lipinski definition) is 1. The van der Waals surface area contributed by atoms with Crippen molar-refractivity contribution in [1.29, 1.82) is 0 Å². The second-order valence-electron chi connectivity index (χ2n) is 1.84. The number of aliphatic hydroxyl groups is 1. The summed E-state index contributed by atoms with van der Waals surface area (Å²) >= 11 is 5.71. The zero-order valence-electron chi connectivity index (χ0n) is 5.97. The Labute approximate surface area is 61.4 Å². The summed E-state index contributed by atoms with van der Waals surface area (Å²) in [6.07, 6.45) is 0. The summed E-state index contributed by atoms with van der Waals surface area (Å²) in [7, 11) is 0. The molecule has 3 heteroatoms. The molecular formula is C6H14ClNO. The van der Waals surface area contributed by atoms with E-state index in [0.29, 0.717) is 0 Å². The summed E-state index contributed by atoms with van der Waals surface area (Å²) < 4.78 is 0. The topological polar surface area (TPSA) is 23.5 Å². The number of likely N-dealkylation sites (N-methyl/N-ethyl adjacent to an activating group) is 1. The van der Waals surface area contributed by atoms with E-state index in [1.165, 1.54) is 0 Å². The minimum Gasteiger partial charge on any atom is -0.393 e. The smallest absolute Gasteiger partial charge is 0.108 e. The van der Waals surface area contributed by atoms with Gasteiger partial charge in [0.15, 0.2) is 0 Å². The third-order valence-electron chi connectivity index (χ3n) is 1.36. The monoisotopic (exact) mass is 151 g/mol. The normalized spacial score (nSPS) is 14.3. The summed E-state index contributed by atoms with van der Waals surface area (Å²) in [6.45, 7) is 5.86. The quantitative estimate of drug-likeness (QED) is 0.477. The first-order chi connectivity index (χ1) is 4.26. The molecule has 0 saturated heterocycles. The number of nitrogens with zero attached hydrogens (tertiary/aromatic N) is 1. The van der Waals surface area contributed by atoms with Crippen molar-refractivity contribution in [3.63, 3.8) is 0 Å². The van der Waals surface area contributed by atoms with Gasteiger partial charge in [0.1, 0.15) is 5.50 Å². The highest BCUT2D eigenvalue weighted by molar-refractivity contribution is 6.20. The van der Waals surface area contributed by atoms with E-state index in [0.717, 1.165) is 13.1 Å². The number of aliphatic hydroxyl groups excluding tert-OH is 1. The molecule has 0 saturated carbocycles. The van der Waals surface area contributed by atoms with Gasteiger partial charge < -0.3 is 5.11 Å². The first-order valence-corrected chi connectivity index (χ1v) is 3.68. The van der Waals surface area contributed by atoms with Crippen molar-refractivity contribution in [2.75, 3.05) is 19.7 Å². The lowest BCUT2D eigenvalue weighted by Crippen LogP contribution is -2.33. The van der Waals surface area contributed by atoms with Crippen molar-refractivity contribution in [2.45, 2.75) is 19.3 Å². The molecule has 0 bridgehead atoms. The molecule has 2 nitrogen and oxygen atoms in total. The average molecular weight is 152 g/mol. The largest absolute Gasteiger partial charge is 0.393 e. The fourth-order valence-electron chi connectivity index (χ4n) is 0.735. The van der Waals surface area contributed by atoms with Crippen LogP contribution in [0.2, 0.25) is 0 Å². The van der Waals surface area contributed by atoms with Gasteiger partial charge in [-0.1, -0.05) is 13.8 Å². The molecule has 0 heterocycles. The van der Waals surface area contributed by atoms with Crippen LogP contribution in [0.3, 0.4) is 0 Å². The van der Waals surface area contributed by atoms with Crippen molar-refractivity contribution >= 4 is 11.6 Å². The summed E-state index contributed by atoms with van der Waals surface area (Å²) in [4.78, 5) is 1.99. The minimum absolute atomic E-state index is 0.0310. The highest BCUT2D eigenvalue weighted by Gasteiger charge is 2.08. The molecule has 1 unspecified atom stereocenters. The van der Waals surface area contributed by atoms with Crippen LogP contribution in [-0.2, 0) is 0 Å². The molecule has 0 radical (unpaired) electrons.